The van der Waals surface area contributed by atoms with Gasteiger partial charge in [0.25, 0.3) is 0 Å². The van der Waals surface area contributed by atoms with Gasteiger partial charge in [-0.1, -0.05) is 0 Å². The van der Waals surface area contributed by atoms with Crippen LogP contribution >= 0.6 is 0 Å². The van der Waals surface area contributed by atoms with E-state index < -0.39 is 17.4 Å². The predicted octanol–water partition coefficient (Wildman–Crippen LogP) is 6.42. The van der Waals surface area contributed by atoms with Crippen LogP contribution in [0.5, 0.6) is 0 Å². The predicted molar refractivity (Wildman–Crippen MR) is 145 cm³/mol. The summed E-state index contributed by atoms with van der Waals surface area (Å²) in [5.41, 5.74) is 8.71. The van der Waals surface area contributed by atoms with Gasteiger partial charge in [0.05, 0.1) is 0 Å². The summed E-state index contributed by atoms with van der Waals surface area (Å²) in [6, 6.07) is 43.8. The van der Waals surface area contributed by atoms with Crippen molar-refractivity contribution >= 4 is 17.4 Å². The van der Waals surface area contributed by atoms with Crippen LogP contribution in [0.3, 0.4) is 0 Å². The third-order valence-corrected chi connectivity index (χ3v) is 11.1. The molecule has 4 aromatic carbocycles. The SMILES string of the molecule is c1ccc(CN[C]2=C(Cc3ccccc3)C(Cc3ccccc3)=[C](Cc3ccccc3)[GaH]2)cc1. The molecule has 34 heavy (non-hydrogen) atoms. The molecule has 0 atom stereocenters. The van der Waals surface area contributed by atoms with Crippen molar-refractivity contribution in [2.24, 2.45) is 0 Å². The Labute approximate surface area is 211 Å². The van der Waals surface area contributed by atoms with Crippen molar-refractivity contribution in [1.82, 2.24) is 5.32 Å². The molecule has 5 rings (SSSR count). The molecule has 1 aliphatic rings. The summed E-state index contributed by atoms with van der Waals surface area (Å²) in [5.74, 6) is 0. The van der Waals surface area contributed by atoms with E-state index in [0.29, 0.717) is 0 Å². The average molecular weight is 498 g/mol. The van der Waals surface area contributed by atoms with Gasteiger partial charge in [0.2, 0.25) is 0 Å². The Morgan fingerprint density at radius 1 is 0.441 bits per heavy atom. The van der Waals surface area contributed by atoms with Crippen LogP contribution < -0.4 is 5.32 Å². The first-order valence-corrected chi connectivity index (χ1v) is 15.1. The Hall–Kier alpha value is -3.20. The second-order valence-corrected chi connectivity index (χ2v) is 13.1. The Morgan fingerprint density at radius 3 is 1.35 bits per heavy atom. The second kappa shape index (κ2) is 11.3. The van der Waals surface area contributed by atoms with Crippen LogP contribution in [0.25, 0.3) is 0 Å². The third-order valence-electron chi connectivity index (χ3n) is 6.60. The molecular weight excluding hydrogens is 468 g/mol. The molecule has 0 unspecified atom stereocenters. The summed E-state index contributed by atoms with van der Waals surface area (Å²) in [4.78, 5) is 0. The number of rotatable bonds is 9. The van der Waals surface area contributed by atoms with Crippen molar-refractivity contribution < 1.29 is 0 Å². The van der Waals surface area contributed by atoms with E-state index in [1.807, 2.05) is 0 Å². The monoisotopic (exact) mass is 497 g/mol. The molecule has 1 N–H and O–H groups in total. The summed E-state index contributed by atoms with van der Waals surface area (Å²) >= 11 is -1.11. The number of nitrogens with one attached hydrogen (secondary N) is 1. The standard InChI is InChI=1S/C32H29N.Ga.H/c1-5-13-27(14-6-1)21-22-31(23-28-15-7-2-8-16-28)32(24-29-17-9-3-10-18-29)26-33-25-30-19-11-4-12-20-30;;/h1-20,33H,21,23-25H2;;. The van der Waals surface area contributed by atoms with E-state index in [2.05, 4.69) is 127 Å². The van der Waals surface area contributed by atoms with Gasteiger partial charge < -0.3 is 0 Å². The summed E-state index contributed by atoms with van der Waals surface area (Å²) in [6.07, 6.45) is 3.11. The molecule has 0 saturated heterocycles. The zero-order chi connectivity index (χ0) is 23.0. The first kappa shape index (κ1) is 22.6. The van der Waals surface area contributed by atoms with Crippen LogP contribution in [0.1, 0.15) is 22.3 Å². The van der Waals surface area contributed by atoms with E-state index in [1.54, 1.807) is 19.5 Å². The number of hydrogen-bond donors (Lipinski definition) is 1. The van der Waals surface area contributed by atoms with Crippen LogP contribution in [0.15, 0.2) is 141 Å². The molecule has 0 fully saturated rings. The Balaban J connectivity index is 1.51. The minimum atomic E-state index is -1.11. The van der Waals surface area contributed by atoms with Crippen LogP contribution in [-0.4, -0.2) is 17.4 Å². The van der Waals surface area contributed by atoms with E-state index in [4.69, 9.17) is 0 Å². The molecule has 1 nitrogen and oxygen atoms in total. The molecule has 4 aromatic rings. The maximum atomic E-state index is 3.92. The van der Waals surface area contributed by atoms with Gasteiger partial charge in [-0.3, -0.25) is 0 Å². The molecule has 0 aromatic heterocycles. The minimum absolute atomic E-state index is 0.900. The molecule has 0 aliphatic carbocycles. The van der Waals surface area contributed by atoms with E-state index in [1.165, 1.54) is 22.3 Å². The van der Waals surface area contributed by atoms with Gasteiger partial charge in [0.1, 0.15) is 0 Å². The van der Waals surface area contributed by atoms with E-state index in [0.717, 1.165) is 25.8 Å². The molecule has 0 spiro atoms. The van der Waals surface area contributed by atoms with Gasteiger partial charge in [0, 0.05) is 0 Å². The number of hydrogen-bond acceptors (Lipinski definition) is 1. The van der Waals surface area contributed by atoms with Crippen molar-refractivity contribution in [2.45, 2.75) is 25.8 Å². The van der Waals surface area contributed by atoms with Crippen molar-refractivity contribution in [1.29, 1.82) is 0 Å². The molecule has 2 heteroatoms. The second-order valence-electron chi connectivity index (χ2n) is 9.04. The van der Waals surface area contributed by atoms with Crippen molar-refractivity contribution in [2.75, 3.05) is 0 Å². The summed E-state index contributed by atoms with van der Waals surface area (Å²) in [6.45, 7) is 0.900. The topological polar surface area (TPSA) is 12.0 Å². The van der Waals surface area contributed by atoms with Gasteiger partial charge in [-0.05, 0) is 0 Å². The Bertz CT molecular complexity index is 1260. The van der Waals surface area contributed by atoms with Gasteiger partial charge >= 0.3 is 212 Å². The zero-order valence-electron chi connectivity index (χ0n) is 19.6. The van der Waals surface area contributed by atoms with E-state index in [-0.39, 0.29) is 0 Å². The van der Waals surface area contributed by atoms with Crippen LogP contribution in [-0.2, 0) is 25.8 Å². The van der Waals surface area contributed by atoms with Crippen molar-refractivity contribution in [3.05, 3.63) is 163 Å². The number of benzene rings is 4. The van der Waals surface area contributed by atoms with Gasteiger partial charge in [-0.25, -0.2) is 0 Å². The Morgan fingerprint density at radius 2 is 0.853 bits per heavy atom. The summed E-state index contributed by atoms with van der Waals surface area (Å²) < 4.78 is 3.29. The summed E-state index contributed by atoms with van der Waals surface area (Å²) in [7, 11) is 0. The normalized spacial score (nSPS) is 13.2. The molecule has 1 aliphatic heterocycles. The Kier molecular flexibility index (Phi) is 7.49. The molecule has 0 saturated carbocycles. The van der Waals surface area contributed by atoms with Crippen LogP contribution in [0.2, 0.25) is 0 Å². The molecule has 1 heterocycles. The molecule has 0 bridgehead atoms. The first-order chi connectivity index (χ1) is 16.8. The fraction of sp³-hybridized carbons (Fsp3) is 0.125. The molecule has 0 radical (unpaired) electrons. The quantitative estimate of drug-likeness (QED) is 0.263. The molecule has 0 amide bonds. The van der Waals surface area contributed by atoms with Gasteiger partial charge in [0.15, 0.2) is 0 Å². The van der Waals surface area contributed by atoms with Crippen LogP contribution in [0, 0.1) is 0 Å². The first-order valence-electron chi connectivity index (χ1n) is 12.2. The average Bonchev–Trinajstić information content (AvgIpc) is 3.20. The molecular formula is C32H30GaN. The fourth-order valence-electron chi connectivity index (χ4n) is 4.85. The van der Waals surface area contributed by atoms with Gasteiger partial charge in [-0.2, -0.15) is 0 Å². The van der Waals surface area contributed by atoms with Crippen LogP contribution in [0.4, 0.5) is 0 Å². The molecule has 166 valence electrons. The van der Waals surface area contributed by atoms with Crippen molar-refractivity contribution in [3.8, 4) is 0 Å². The van der Waals surface area contributed by atoms with Crippen molar-refractivity contribution in [3.63, 3.8) is 0 Å². The fourth-order valence-corrected chi connectivity index (χ4v) is 9.46. The summed E-state index contributed by atoms with van der Waals surface area (Å²) in [5, 5.41) is 3.92. The third kappa shape index (κ3) is 5.83. The number of allylic oxidation sites excluding steroid dienone is 3. The maximum absolute atomic E-state index is 3.92. The van der Waals surface area contributed by atoms with E-state index in [9.17, 15) is 0 Å². The van der Waals surface area contributed by atoms with E-state index >= 15 is 0 Å². The zero-order valence-corrected chi connectivity index (χ0v) is 22.5. The van der Waals surface area contributed by atoms with Gasteiger partial charge in [-0.15, -0.1) is 0 Å².